The molecule has 2 unspecified atom stereocenters. The monoisotopic (exact) mass is 260 g/mol. The second kappa shape index (κ2) is 5.45. The molecule has 2 aliphatic rings. The molecule has 0 saturated carbocycles. The van der Waals surface area contributed by atoms with Crippen LogP contribution >= 0.6 is 0 Å². The summed E-state index contributed by atoms with van der Waals surface area (Å²) in [4.78, 5) is 11.7. The summed E-state index contributed by atoms with van der Waals surface area (Å²) in [5, 5.41) is 0. The number of rotatable bonds is 2. The Labute approximate surface area is 115 Å². The van der Waals surface area contributed by atoms with Crippen LogP contribution in [0.15, 0.2) is 6.20 Å². The van der Waals surface area contributed by atoms with E-state index in [1.54, 1.807) is 0 Å². The molecule has 0 spiro atoms. The maximum Gasteiger partial charge on any atom is 0.225 e. The minimum absolute atomic E-state index is 0.605. The Morgan fingerprint density at radius 2 is 2.32 bits per heavy atom. The van der Waals surface area contributed by atoms with Crippen LogP contribution in [0, 0.1) is 11.8 Å². The highest BCUT2D eigenvalue weighted by Gasteiger charge is 2.23. The van der Waals surface area contributed by atoms with E-state index in [-0.39, 0.29) is 0 Å². The largest absolute Gasteiger partial charge is 0.340 e. The molecule has 4 heteroatoms. The van der Waals surface area contributed by atoms with Crippen molar-refractivity contribution in [2.24, 2.45) is 17.6 Å². The Kier molecular flexibility index (Phi) is 3.69. The summed E-state index contributed by atoms with van der Waals surface area (Å²) < 4.78 is 0. The van der Waals surface area contributed by atoms with Crippen LogP contribution in [0.1, 0.15) is 37.4 Å². The average molecular weight is 260 g/mol. The number of nitrogens with zero attached hydrogens (tertiary/aromatic N) is 3. The lowest BCUT2D eigenvalue weighted by Gasteiger charge is -2.32. The fourth-order valence-electron chi connectivity index (χ4n) is 3.27. The van der Waals surface area contributed by atoms with Crippen LogP contribution in [-0.4, -0.2) is 29.6 Å². The molecule has 0 aromatic carbocycles. The van der Waals surface area contributed by atoms with E-state index in [4.69, 9.17) is 10.7 Å². The summed E-state index contributed by atoms with van der Waals surface area (Å²) in [6.45, 7) is 5.18. The van der Waals surface area contributed by atoms with E-state index in [0.717, 1.165) is 44.3 Å². The number of anilines is 1. The minimum Gasteiger partial charge on any atom is -0.340 e. The zero-order chi connectivity index (χ0) is 13.2. The van der Waals surface area contributed by atoms with Crippen molar-refractivity contribution in [3.05, 3.63) is 17.5 Å². The van der Waals surface area contributed by atoms with Gasteiger partial charge in [-0.25, -0.2) is 9.97 Å². The Bertz CT molecular complexity index is 446. The summed E-state index contributed by atoms with van der Waals surface area (Å²) in [6.07, 6.45) is 8.02. The molecule has 19 heavy (non-hydrogen) atoms. The molecule has 0 radical (unpaired) electrons. The third-order valence-corrected chi connectivity index (χ3v) is 4.52. The maximum atomic E-state index is 5.80. The quantitative estimate of drug-likeness (QED) is 0.880. The first-order chi connectivity index (χ1) is 9.26. The van der Waals surface area contributed by atoms with Gasteiger partial charge in [0.05, 0.1) is 0 Å². The van der Waals surface area contributed by atoms with Crippen LogP contribution < -0.4 is 10.6 Å². The van der Waals surface area contributed by atoms with E-state index < -0.39 is 0 Å². The number of hydrogen-bond donors (Lipinski definition) is 1. The van der Waals surface area contributed by atoms with E-state index in [1.807, 2.05) is 0 Å². The van der Waals surface area contributed by atoms with Gasteiger partial charge in [0.2, 0.25) is 5.95 Å². The lowest BCUT2D eigenvalue weighted by molar-refractivity contribution is 0.418. The molecule has 3 rings (SSSR count). The van der Waals surface area contributed by atoms with E-state index >= 15 is 0 Å². The molecular formula is C15H24N4. The van der Waals surface area contributed by atoms with Crippen LogP contribution in [0.3, 0.4) is 0 Å². The molecule has 1 fully saturated rings. The van der Waals surface area contributed by atoms with Crippen molar-refractivity contribution >= 4 is 5.95 Å². The highest BCUT2D eigenvalue weighted by Crippen LogP contribution is 2.26. The van der Waals surface area contributed by atoms with E-state index in [1.165, 1.54) is 30.5 Å². The third-order valence-electron chi connectivity index (χ3n) is 4.52. The summed E-state index contributed by atoms with van der Waals surface area (Å²) in [7, 11) is 0. The van der Waals surface area contributed by atoms with Crippen LogP contribution in [-0.2, 0) is 12.8 Å². The minimum atomic E-state index is 0.605. The van der Waals surface area contributed by atoms with Gasteiger partial charge in [-0.05, 0) is 56.0 Å². The third kappa shape index (κ3) is 2.73. The predicted octanol–water partition coefficient (Wildman–Crippen LogP) is 1.78. The summed E-state index contributed by atoms with van der Waals surface area (Å²) in [6, 6.07) is 0. The van der Waals surface area contributed by atoms with Gasteiger partial charge in [0, 0.05) is 25.0 Å². The first kappa shape index (κ1) is 12.9. The van der Waals surface area contributed by atoms with E-state index in [9.17, 15) is 0 Å². The highest BCUT2D eigenvalue weighted by atomic mass is 15.3. The van der Waals surface area contributed by atoms with Crippen molar-refractivity contribution in [3.8, 4) is 0 Å². The lowest BCUT2D eigenvalue weighted by atomic mass is 9.89. The zero-order valence-electron chi connectivity index (χ0n) is 11.8. The summed E-state index contributed by atoms with van der Waals surface area (Å²) >= 11 is 0. The van der Waals surface area contributed by atoms with Crippen LogP contribution in [0.2, 0.25) is 0 Å². The lowest BCUT2D eigenvalue weighted by Crippen LogP contribution is -2.39. The first-order valence-electron chi connectivity index (χ1n) is 7.56. The van der Waals surface area contributed by atoms with E-state index in [2.05, 4.69) is 23.0 Å². The fourth-order valence-corrected chi connectivity index (χ4v) is 3.27. The molecule has 1 aromatic rings. The van der Waals surface area contributed by atoms with Gasteiger partial charge in [0.1, 0.15) is 0 Å². The standard InChI is InChI=1S/C15H24N4/c1-11-4-5-14-13(7-11)9-17-15(18-14)19-6-2-3-12(8-16)10-19/h9,11-12H,2-8,10,16H2,1H3. The first-order valence-corrected chi connectivity index (χ1v) is 7.56. The number of fused-ring (bicyclic) bond motifs is 1. The molecule has 2 N–H and O–H groups in total. The smallest absolute Gasteiger partial charge is 0.225 e. The van der Waals surface area contributed by atoms with Gasteiger partial charge >= 0.3 is 0 Å². The molecule has 1 aliphatic heterocycles. The van der Waals surface area contributed by atoms with Crippen LogP contribution in [0.5, 0.6) is 0 Å². The van der Waals surface area contributed by atoms with Gasteiger partial charge in [-0.2, -0.15) is 0 Å². The van der Waals surface area contributed by atoms with Crippen molar-refractivity contribution < 1.29 is 0 Å². The Morgan fingerprint density at radius 1 is 1.42 bits per heavy atom. The normalized spacial score (nSPS) is 27.2. The van der Waals surface area contributed by atoms with Gasteiger partial charge in [-0.1, -0.05) is 6.92 Å². The van der Waals surface area contributed by atoms with Gasteiger partial charge in [0.25, 0.3) is 0 Å². The number of aryl methyl sites for hydroxylation is 1. The SMILES string of the molecule is CC1CCc2nc(N3CCCC(CN)C3)ncc2C1. The Morgan fingerprint density at radius 3 is 3.16 bits per heavy atom. The van der Waals surface area contributed by atoms with Gasteiger partial charge in [0.15, 0.2) is 0 Å². The second-order valence-corrected chi connectivity index (χ2v) is 6.18. The average Bonchev–Trinajstić information content (AvgIpc) is 2.46. The topological polar surface area (TPSA) is 55.0 Å². The van der Waals surface area contributed by atoms with Crippen molar-refractivity contribution in [3.63, 3.8) is 0 Å². The number of aromatic nitrogens is 2. The molecule has 1 aromatic heterocycles. The summed E-state index contributed by atoms with van der Waals surface area (Å²) in [5.41, 5.74) is 8.43. The number of piperidine rings is 1. The van der Waals surface area contributed by atoms with Crippen LogP contribution in [0.4, 0.5) is 5.95 Å². The molecule has 104 valence electrons. The zero-order valence-corrected chi connectivity index (χ0v) is 11.8. The predicted molar refractivity (Wildman–Crippen MR) is 77.2 cm³/mol. The number of nitrogens with two attached hydrogens (primary N) is 1. The summed E-state index contributed by atoms with van der Waals surface area (Å²) in [5.74, 6) is 2.30. The van der Waals surface area contributed by atoms with Gasteiger partial charge in [-0.3, -0.25) is 0 Å². The number of hydrogen-bond acceptors (Lipinski definition) is 4. The van der Waals surface area contributed by atoms with E-state index in [0.29, 0.717) is 5.92 Å². The van der Waals surface area contributed by atoms with Crippen LogP contribution in [0.25, 0.3) is 0 Å². The van der Waals surface area contributed by atoms with Crippen molar-refractivity contribution in [1.82, 2.24) is 9.97 Å². The molecule has 1 saturated heterocycles. The highest BCUT2D eigenvalue weighted by molar-refractivity contribution is 5.35. The van der Waals surface area contributed by atoms with Crippen molar-refractivity contribution in [2.45, 2.75) is 39.0 Å². The molecule has 1 aliphatic carbocycles. The van der Waals surface area contributed by atoms with Crippen molar-refractivity contribution in [2.75, 3.05) is 24.5 Å². The molecule has 4 nitrogen and oxygen atoms in total. The fraction of sp³-hybridized carbons (Fsp3) is 0.733. The van der Waals surface area contributed by atoms with Gasteiger partial charge < -0.3 is 10.6 Å². The molecule has 2 heterocycles. The Hall–Kier alpha value is -1.16. The molecule has 0 amide bonds. The maximum absolute atomic E-state index is 5.80. The second-order valence-electron chi connectivity index (χ2n) is 6.18. The van der Waals surface area contributed by atoms with Gasteiger partial charge in [-0.15, -0.1) is 0 Å². The molecule has 0 bridgehead atoms. The Balaban J connectivity index is 1.78. The van der Waals surface area contributed by atoms with Crippen molar-refractivity contribution in [1.29, 1.82) is 0 Å². The molecular weight excluding hydrogens is 236 g/mol. The molecule has 2 atom stereocenters.